The maximum Gasteiger partial charge on any atom is 0.251 e. The van der Waals surface area contributed by atoms with Gasteiger partial charge in [0, 0.05) is 36.1 Å². The molecule has 3 aromatic heterocycles. The smallest absolute Gasteiger partial charge is 0.251 e. The van der Waals surface area contributed by atoms with Crippen molar-refractivity contribution >= 4 is 22.5 Å². The molecule has 0 N–H and O–H groups in total. The first-order valence-electron chi connectivity index (χ1n) is 10.8. The van der Waals surface area contributed by atoms with Gasteiger partial charge in [-0.25, -0.2) is 9.37 Å². The zero-order chi connectivity index (χ0) is 24.0. The number of imidazole rings is 1. The van der Waals surface area contributed by atoms with Crippen molar-refractivity contribution in [2.24, 2.45) is 14.1 Å². The van der Waals surface area contributed by atoms with Crippen molar-refractivity contribution in [3.63, 3.8) is 0 Å². The lowest BCUT2D eigenvalue weighted by Gasteiger charge is -2.26. The van der Waals surface area contributed by atoms with Crippen LogP contribution in [0.15, 0.2) is 84.2 Å². The summed E-state index contributed by atoms with van der Waals surface area (Å²) < 4.78 is 20.5. The van der Waals surface area contributed by atoms with Crippen molar-refractivity contribution < 1.29 is 4.39 Å². The highest BCUT2D eigenvalue weighted by molar-refractivity contribution is 6.30. The molecule has 0 amide bonds. The summed E-state index contributed by atoms with van der Waals surface area (Å²) in [6.07, 6.45) is 4.62. The predicted molar refractivity (Wildman–Crippen MR) is 133 cm³/mol. The van der Waals surface area contributed by atoms with Gasteiger partial charge >= 0.3 is 0 Å². The van der Waals surface area contributed by atoms with Gasteiger partial charge in [0.15, 0.2) is 0 Å². The standard InChI is InChI=1S/C27H22ClFN4O/c1-17-5-4-6-18(11-17)21-13-26(34)33(3)23-14-31-24(12-22(21)23)27(29,25-15-30-16-32(25)2)19-7-9-20(28)10-8-19/h4-16H,1-3H3. The number of aromatic nitrogens is 4. The lowest BCUT2D eigenvalue weighted by molar-refractivity contribution is 0.260. The molecule has 0 aliphatic heterocycles. The van der Waals surface area contributed by atoms with Crippen LogP contribution in [-0.2, 0) is 19.8 Å². The number of benzene rings is 2. The summed E-state index contributed by atoms with van der Waals surface area (Å²) in [7, 11) is 3.44. The van der Waals surface area contributed by atoms with Crippen LogP contribution >= 0.6 is 11.6 Å². The van der Waals surface area contributed by atoms with Crippen molar-refractivity contribution in [2.45, 2.75) is 12.6 Å². The lowest BCUT2D eigenvalue weighted by Crippen LogP contribution is -2.28. The van der Waals surface area contributed by atoms with Gasteiger partial charge in [0.05, 0.1) is 35.6 Å². The summed E-state index contributed by atoms with van der Waals surface area (Å²) in [6.45, 7) is 2.00. The number of alkyl halides is 1. The first-order valence-corrected chi connectivity index (χ1v) is 11.2. The van der Waals surface area contributed by atoms with Crippen LogP contribution in [0.1, 0.15) is 22.5 Å². The van der Waals surface area contributed by atoms with E-state index in [1.807, 2.05) is 31.2 Å². The minimum absolute atomic E-state index is 0.158. The van der Waals surface area contributed by atoms with Gasteiger partial charge in [-0.15, -0.1) is 0 Å². The number of hydrogen-bond donors (Lipinski definition) is 0. The Morgan fingerprint density at radius 2 is 1.76 bits per heavy atom. The molecule has 170 valence electrons. The van der Waals surface area contributed by atoms with Gasteiger partial charge < -0.3 is 9.13 Å². The van der Waals surface area contributed by atoms with E-state index in [9.17, 15) is 4.79 Å². The average molecular weight is 473 g/mol. The second kappa shape index (κ2) is 8.22. The van der Waals surface area contributed by atoms with E-state index in [1.165, 1.54) is 10.8 Å². The van der Waals surface area contributed by atoms with Gasteiger partial charge in [0.2, 0.25) is 5.67 Å². The fourth-order valence-electron chi connectivity index (χ4n) is 4.38. The average Bonchev–Trinajstić information content (AvgIpc) is 3.27. The number of hydrogen-bond acceptors (Lipinski definition) is 3. The minimum atomic E-state index is -2.09. The molecule has 0 fully saturated rings. The molecule has 0 saturated heterocycles. The zero-order valence-electron chi connectivity index (χ0n) is 19.0. The number of aryl methyl sites for hydroxylation is 3. The van der Waals surface area contributed by atoms with Crippen molar-refractivity contribution in [3.8, 4) is 11.1 Å². The van der Waals surface area contributed by atoms with Gasteiger partial charge in [-0.3, -0.25) is 9.78 Å². The van der Waals surface area contributed by atoms with Gasteiger partial charge in [-0.2, -0.15) is 0 Å². The van der Waals surface area contributed by atoms with Crippen LogP contribution in [0.5, 0.6) is 0 Å². The lowest BCUT2D eigenvalue weighted by atomic mass is 9.87. The van der Waals surface area contributed by atoms with E-state index in [0.29, 0.717) is 21.8 Å². The molecule has 2 aromatic carbocycles. The molecular formula is C27H22ClFN4O. The summed E-state index contributed by atoms with van der Waals surface area (Å²) in [5.74, 6) is 0. The molecule has 1 atom stereocenters. The Labute approximate surface area is 201 Å². The van der Waals surface area contributed by atoms with Crippen molar-refractivity contribution in [1.29, 1.82) is 0 Å². The first kappa shape index (κ1) is 22.0. The van der Waals surface area contributed by atoms with Crippen LogP contribution in [0.2, 0.25) is 5.02 Å². The molecule has 0 bridgehead atoms. The maximum absolute atomic E-state index is 17.3. The molecule has 0 aliphatic carbocycles. The predicted octanol–water partition coefficient (Wildman–Crippen LogP) is 5.56. The number of nitrogens with zero attached hydrogens (tertiary/aromatic N) is 4. The number of pyridine rings is 2. The SMILES string of the molecule is Cc1cccc(-c2cc(=O)n(C)c3cnc(C(F)(c4ccc(Cl)cc4)c4cncn4C)cc23)c1. The minimum Gasteiger partial charge on any atom is -0.334 e. The Kier molecular flexibility index (Phi) is 5.33. The summed E-state index contributed by atoms with van der Waals surface area (Å²) in [5.41, 5.74) is 1.96. The summed E-state index contributed by atoms with van der Waals surface area (Å²) in [5, 5.41) is 1.25. The fraction of sp³-hybridized carbons (Fsp3) is 0.148. The highest BCUT2D eigenvalue weighted by atomic mass is 35.5. The van der Waals surface area contributed by atoms with Crippen LogP contribution in [0.25, 0.3) is 22.0 Å². The number of fused-ring (bicyclic) bond motifs is 1. The normalized spacial score (nSPS) is 13.2. The molecule has 0 spiro atoms. The summed E-state index contributed by atoms with van der Waals surface area (Å²) >= 11 is 6.09. The van der Waals surface area contributed by atoms with Gasteiger partial charge in [-0.1, -0.05) is 53.6 Å². The van der Waals surface area contributed by atoms with E-state index >= 15 is 4.39 Å². The van der Waals surface area contributed by atoms with Crippen LogP contribution < -0.4 is 5.56 Å². The van der Waals surface area contributed by atoms with Gasteiger partial charge in [0.25, 0.3) is 5.56 Å². The third kappa shape index (κ3) is 3.51. The van der Waals surface area contributed by atoms with E-state index in [2.05, 4.69) is 9.97 Å². The third-order valence-electron chi connectivity index (χ3n) is 6.23. The highest BCUT2D eigenvalue weighted by Gasteiger charge is 2.41. The summed E-state index contributed by atoms with van der Waals surface area (Å²) in [4.78, 5) is 21.4. The van der Waals surface area contributed by atoms with Crippen LogP contribution in [-0.4, -0.2) is 19.1 Å². The largest absolute Gasteiger partial charge is 0.334 e. The number of rotatable bonds is 4. The van der Waals surface area contributed by atoms with E-state index in [1.54, 1.807) is 67.6 Å². The van der Waals surface area contributed by atoms with Crippen molar-refractivity contribution in [3.05, 3.63) is 117 Å². The Balaban J connectivity index is 1.84. The molecule has 0 aliphatic rings. The molecule has 7 heteroatoms. The van der Waals surface area contributed by atoms with E-state index in [-0.39, 0.29) is 11.3 Å². The molecule has 3 heterocycles. The number of halogens is 2. The van der Waals surface area contributed by atoms with Crippen LogP contribution in [0, 0.1) is 6.92 Å². The second-order valence-electron chi connectivity index (χ2n) is 8.47. The Hall–Kier alpha value is -3.77. The van der Waals surface area contributed by atoms with Crippen LogP contribution in [0.4, 0.5) is 4.39 Å². The quantitative estimate of drug-likeness (QED) is 0.344. The molecule has 34 heavy (non-hydrogen) atoms. The molecule has 5 rings (SSSR count). The van der Waals surface area contributed by atoms with Gasteiger partial charge in [-0.05, 0) is 36.2 Å². The topological polar surface area (TPSA) is 52.7 Å². The highest BCUT2D eigenvalue weighted by Crippen LogP contribution is 2.41. The molecular weight excluding hydrogens is 451 g/mol. The maximum atomic E-state index is 17.3. The van der Waals surface area contributed by atoms with Gasteiger partial charge in [0.1, 0.15) is 0 Å². The van der Waals surface area contributed by atoms with Crippen LogP contribution in [0.3, 0.4) is 0 Å². The van der Waals surface area contributed by atoms with E-state index < -0.39 is 5.67 Å². The Morgan fingerprint density at radius 3 is 2.44 bits per heavy atom. The third-order valence-corrected chi connectivity index (χ3v) is 6.48. The zero-order valence-corrected chi connectivity index (χ0v) is 19.7. The van der Waals surface area contributed by atoms with Crippen molar-refractivity contribution in [2.75, 3.05) is 0 Å². The molecule has 1 unspecified atom stereocenters. The Bertz CT molecular complexity index is 1590. The monoisotopic (exact) mass is 472 g/mol. The van der Waals surface area contributed by atoms with E-state index in [4.69, 9.17) is 11.6 Å². The fourth-order valence-corrected chi connectivity index (χ4v) is 4.51. The second-order valence-corrected chi connectivity index (χ2v) is 8.90. The molecule has 5 nitrogen and oxygen atoms in total. The molecule has 0 saturated carbocycles. The van der Waals surface area contributed by atoms with Crippen molar-refractivity contribution in [1.82, 2.24) is 19.1 Å². The van der Waals surface area contributed by atoms with E-state index in [0.717, 1.165) is 22.1 Å². The molecule has 0 radical (unpaired) electrons. The first-order chi connectivity index (χ1) is 16.3. The summed E-state index contributed by atoms with van der Waals surface area (Å²) in [6, 6.07) is 17.8. The Morgan fingerprint density at radius 1 is 1.00 bits per heavy atom. The molecule has 5 aromatic rings.